The molecule has 0 radical (unpaired) electrons. The monoisotopic (exact) mass is 566 g/mol. The third-order valence-electron chi connectivity index (χ3n) is 4.80. The number of guanidine groups is 1. The molecule has 3 rings (SSSR count). The van der Waals surface area contributed by atoms with Gasteiger partial charge in [0.15, 0.2) is 5.96 Å². The molecule has 1 aromatic heterocycles. The van der Waals surface area contributed by atoms with Gasteiger partial charge < -0.3 is 15.5 Å². The summed E-state index contributed by atoms with van der Waals surface area (Å²) in [6, 6.07) is 7.50. The SMILES string of the molecule is CN=C(NCCC(=O)N1CCc2sccc2C1)NC(C)c1ccc(Cl)cc1Cl.I. The number of rotatable bonds is 5. The summed E-state index contributed by atoms with van der Waals surface area (Å²) in [5, 5.41) is 9.82. The van der Waals surface area contributed by atoms with Crippen LogP contribution in [0, 0.1) is 0 Å². The number of halogens is 3. The molecule has 1 aliphatic heterocycles. The highest BCUT2D eigenvalue weighted by molar-refractivity contribution is 14.0. The number of nitrogens with zero attached hydrogens (tertiary/aromatic N) is 2. The van der Waals surface area contributed by atoms with Gasteiger partial charge in [-0.25, -0.2) is 0 Å². The molecule has 0 fully saturated rings. The smallest absolute Gasteiger partial charge is 0.224 e. The van der Waals surface area contributed by atoms with Crippen molar-refractivity contribution in [1.82, 2.24) is 15.5 Å². The maximum Gasteiger partial charge on any atom is 0.224 e. The third-order valence-corrected chi connectivity index (χ3v) is 6.38. The van der Waals surface area contributed by atoms with E-state index in [2.05, 4.69) is 27.1 Å². The van der Waals surface area contributed by atoms with Gasteiger partial charge in [-0.3, -0.25) is 9.79 Å². The minimum atomic E-state index is -0.0502. The van der Waals surface area contributed by atoms with Crippen LogP contribution >= 0.6 is 58.5 Å². The van der Waals surface area contributed by atoms with Crippen molar-refractivity contribution in [3.05, 3.63) is 55.7 Å². The van der Waals surface area contributed by atoms with Crippen LogP contribution in [0.1, 0.15) is 35.4 Å². The zero-order valence-electron chi connectivity index (χ0n) is 16.4. The quantitative estimate of drug-likeness (QED) is 0.308. The fourth-order valence-electron chi connectivity index (χ4n) is 3.24. The van der Waals surface area contributed by atoms with E-state index < -0.39 is 0 Å². The van der Waals surface area contributed by atoms with E-state index in [9.17, 15) is 4.79 Å². The molecule has 2 N–H and O–H groups in total. The maximum atomic E-state index is 12.5. The number of hydrogen-bond acceptors (Lipinski definition) is 3. The van der Waals surface area contributed by atoms with E-state index in [1.807, 2.05) is 24.0 Å². The van der Waals surface area contributed by atoms with E-state index in [1.165, 1.54) is 10.4 Å². The largest absolute Gasteiger partial charge is 0.356 e. The normalized spacial score (nSPS) is 14.6. The van der Waals surface area contributed by atoms with Crippen LogP contribution in [0.2, 0.25) is 10.0 Å². The molecular weight excluding hydrogens is 542 g/mol. The Kier molecular flexibility index (Phi) is 9.52. The molecule has 2 aromatic rings. The number of carbonyl (C=O) groups is 1. The number of amides is 1. The molecule has 2 heterocycles. The van der Waals surface area contributed by atoms with Gasteiger partial charge in [0.05, 0.1) is 6.04 Å². The van der Waals surface area contributed by atoms with Gasteiger partial charge in [0.1, 0.15) is 0 Å². The fourth-order valence-corrected chi connectivity index (χ4v) is 4.70. The fraction of sp³-hybridized carbons (Fsp3) is 0.400. The van der Waals surface area contributed by atoms with Gasteiger partial charge in [-0.1, -0.05) is 29.3 Å². The summed E-state index contributed by atoms with van der Waals surface area (Å²) < 4.78 is 0. The third kappa shape index (κ3) is 6.47. The predicted molar refractivity (Wildman–Crippen MR) is 133 cm³/mol. The average Bonchev–Trinajstić information content (AvgIpc) is 3.14. The van der Waals surface area contributed by atoms with Crippen LogP contribution in [0.4, 0.5) is 0 Å². The molecule has 0 aliphatic carbocycles. The highest BCUT2D eigenvalue weighted by Gasteiger charge is 2.21. The van der Waals surface area contributed by atoms with Gasteiger partial charge in [0, 0.05) is 48.0 Å². The van der Waals surface area contributed by atoms with E-state index in [4.69, 9.17) is 23.2 Å². The molecule has 0 spiro atoms. The molecule has 1 aromatic carbocycles. The van der Waals surface area contributed by atoms with Crippen LogP contribution in [0.5, 0.6) is 0 Å². The number of hydrogen-bond donors (Lipinski definition) is 2. The van der Waals surface area contributed by atoms with E-state index in [-0.39, 0.29) is 35.9 Å². The first-order chi connectivity index (χ1) is 13.5. The Morgan fingerprint density at radius 2 is 2.14 bits per heavy atom. The number of nitrogens with one attached hydrogen (secondary N) is 2. The summed E-state index contributed by atoms with van der Waals surface area (Å²) in [6.45, 7) is 4.04. The van der Waals surface area contributed by atoms with Gasteiger partial charge >= 0.3 is 0 Å². The molecule has 1 amide bonds. The van der Waals surface area contributed by atoms with Crippen LogP contribution in [-0.2, 0) is 17.8 Å². The number of benzene rings is 1. The minimum absolute atomic E-state index is 0. The van der Waals surface area contributed by atoms with E-state index in [1.54, 1.807) is 24.5 Å². The molecule has 158 valence electrons. The van der Waals surface area contributed by atoms with Crippen molar-refractivity contribution >= 4 is 70.4 Å². The molecule has 0 bridgehead atoms. The van der Waals surface area contributed by atoms with Crippen LogP contribution in [0.15, 0.2) is 34.6 Å². The second-order valence-electron chi connectivity index (χ2n) is 6.72. The van der Waals surface area contributed by atoms with Crippen molar-refractivity contribution in [3.8, 4) is 0 Å². The van der Waals surface area contributed by atoms with Crippen molar-refractivity contribution in [2.45, 2.75) is 32.4 Å². The summed E-state index contributed by atoms with van der Waals surface area (Å²) in [7, 11) is 1.70. The summed E-state index contributed by atoms with van der Waals surface area (Å²) in [6.07, 6.45) is 1.38. The van der Waals surface area contributed by atoms with Crippen LogP contribution in [0.3, 0.4) is 0 Å². The Bertz CT molecular complexity index is 874. The number of aliphatic imine (C=N–C) groups is 1. The molecule has 0 saturated carbocycles. The minimum Gasteiger partial charge on any atom is -0.356 e. The van der Waals surface area contributed by atoms with Crippen molar-refractivity contribution in [3.63, 3.8) is 0 Å². The zero-order valence-corrected chi connectivity index (χ0v) is 21.0. The van der Waals surface area contributed by atoms with Crippen molar-refractivity contribution in [2.24, 2.45) is 4.99 Å². The number of carbonyl (C=O) groups excluding carboxylic acids is 1. The lowest BCUT2D eigenvalue weighted by atomic mass is 10.1. The van der Waals surface area contributed by atoms with Gasteiger partial charge in [0.2, 0.25) is 5.91 Å². The first kappa shape index (κ1) is 24.2. The van der Waals surface area contributed by atoms with Gasteiger partial charge in [-0.2, -0.15) is 0 Å². The summed E-state index contributed by atoms with van der Waals surface area (Å²) >= 11 is 14.0. The molecule has 29 heavy (non-hydrogen) atoms. The molecule has 9 heteroatoms. The topological polar surface area (TPSA) is 56.7 Å². The first-order valence-corrected chi connectivity index (χ1v) is 10.9. The highest BCUT2D eigenvalue weighted by Crippen LogP contribution is 2.26. The summed E-state index contributed by atoms with van der Waals surface area (Å²) in [4.78, 5) is 20.1. The van der Waals surface area contributed by atoms with Crippen molar-refractivity contribution < 1.29 is 4.79 Å². The highest BCUT2D eigenvalue weighted by atomic mass is 127. The maximum absolute atomic E-state index is 12.5. The van der Waals surface area contributed by atoms with Crippen molar-refractivity contribution in [2.75, 3.05) is 20.1 Å². The molecular formula is C20H25Cl2IN4OS. The van der Waals surface area contributed by atoms with Crippen LogP contribution in [-0.4, -0.2) is 36.9 Å². The Morgan fingerprint density at radius 1 is 1.34 bits per heavy atom. The lowest BCUT2D eigenvalue weighted by molar-refractivity contribution is -0.131. The average molecular weight is 567 g/mol. The summed E-state index contributed by atoms with van der Waals surface area (Å²) in [5.74, 6) is 0.790. The Labute approximate surface area is 202 Å². The van der Waals surface area contributed by atoms with Gasteiger partial charge in [0.25, 0.3) is 0 Å². The van der Waals surface area contributed by atoms with Gasteiger partial charge in [-0.15, -0.1) is 35.3 Å². The van der Waals surface area contributed by atoms with E-state index in [0.29, 0.717) is 29.0 Å². The van der Waals surface area contributed by atoms with Crippen molar-refractivity contribution in [1.29, 1.82) is 0 Å². The van der Waals surface area contributed by atoms with E-state index in [0.717, 1.165) is 25.1 Å². The number of thiophene rings is 1. The van der Waals surface area contributed by atoms with Crippen LogP contribution < -0.4 is 10.6 Å². The standard InChI is InChI=1S/C20H24Cl2N4OS.HI/c1-13(16-4-3-15(21)11-17(16)22)25-20(23-2)24-8-5-19(27)26-9-6-18-14(12-26)7-10-28-18;/h3-4,7,10-11,13H,5-6,8-9,12H2,1-2H3,(H2,23,24,25);1H. The van der Waals surface area contributed by atoms with E-state index >= 15 is 0 Å². The zero-order chi connectivity index (χ0) is 20.1. The first-order valence-electron chi connectivity index (χ1n) is 9.23. The molecule has 5 nitrogen and oxygen atoms in total. The Morgan fingerprint density at radius 3 is 2.86 bits per heavy atom. The Balaban J connectivity index is 0.00000300. The molecule has 1 atom stereocenters. The molecule has 1 aliphatic rings. The molecule has 0 saturated heterocycles. The van der Waals surface area contributed by atoms with Gasteiger partial charge in [-0.05, 0) is 48.1 Å². The predicted octanol–water partition coefficient (Wildman–Crippen LogP) is 4.87. The number of fused-ring (bicyclic) bond motifs is 1. The molecule has 1 unspecified atom stereocenters. The Hall–Kier alpha value is -1.03. The van der Waals surface area contributed by atoms with Crippen LogP contribution in [0.25, 0.3) is 0 Å². The second-order valence-corrected chi connectivity index (χ2v) is 8.56. The lowest BCUT2D eigenvalue weighted by Gasteiger charge is -2.27. The second kappa shape index (κ2) is 11.4. The lowest BCUT2D eigenvalue weighted by Crippen LogP contribution is -2.41. The summed E-state index contributed by atoms with van der Waals surface area (Å²) in [5.41, 5.74) is 2.22.